The molecule has 3 rings (SSSR count). The van der Waals surface area contributed by atoms with Gasteiger partial charge in [0.15, 0.2) is 0 Å². The number of piperidine rings is 1. The molecule has 1 aromatic heterocycles. The summed E-state index contributed by atoms with van der Waals surface area (Å²) in [6.07, 6.45) is 1.97. The normalized spacial score (nSPS) is 16.6. The van der Waals surface area contributed by atoms with Crippen LogP contribution < -0.4 is 10.6 Å². The number of benzene rings is 1. The second-order valence-electron chi connectivity index (χ2n) is 4.57. The highest BCUT2D eigenvalue weighted by molar-refractivity contribution is 5.83. The fourth-order valence-corrected chi connectivity index (χ4v) is 2.28. The van der Waals surface area contributed by atoms with Crippen LogP contribution in [0.2, 0.25) is 0 Å². The van der Waals surface area contributed by atoms with E-state index in [0.29, 0.717) is 17.6 Å². The van der Waals surface area contributed by atoms with Crippen LogP contribution in [0.15, 0.2) is 22.6 Å². The van der Waals surface area contributed by atoms with E-state index in [1.807, 2.05) is 0 Å². The molecule has 2 N–H and O–H groups in total. The van der Waals surface area contributed by atoms with Gasteiger partial charge < -0.3 is 15.1 Å². The molecule has 1 fully saturated rings. The van der Waals surface area contributed by atoms with Gasteiger partial charge in [0.25, 0.3) is 6.01 Å². The minimum atomic E-state index is -0.457. The summed E-state index contributed by atoms with van der Waals surface area (Å²) in [4.78, 5) is 14.7. The minimum absolute atomic E-state index is 0.0524. The lowest BCUT2D eigenvalue weighted by Crippen LogP contribution is -2.35. The first-order valence-corrected chi connectivity index (χ1v) is 6.25. The summed E-state index contributed by atoms with van der Waals surface area (Å²) in [5.74, 6) is 0. The van der Waals surface area contributed by atoms with Crippen molar-refractivity contribution in [3.8, 4) is 0 Å². The van der Waals surface area contributed by atoms with E-state index >= 15 is 0 Å². The highest BCUT2D eigenvalue weighted by Gasteiger charge is 2.20. The van der Waals surface area contributed by atoms with Crippen molar-refractivity contribution in [2.45, 2.75) is 18.9 Å². The molecule has 19 heavy (non-hydrogen) atoms. The first-order chi connectivity index (χ1) is 9.24. The van der Waals surface area contributed by atoms with Gasteiger partial charge in [0, 0.05) is 12.1 Å². The summed E-state index contributed by atoms with van der Waals surface area (Å²) in [5.41, 5.74) is 0.679. The van der Waals surface area contributed by atoms with Gasteiger partial charge >= 0.3 is 5.69 Å². The maximum absolute atomic E-state index is 10.9. The number of nitro benzene ring substituents is 1. The third-order valence-electron chi connectivity index (χ3n) is 3.26. The average Bonchev–Trinajstić information content (AvgIpc) is 2.81. The number of nitrogens with zero attached hydrogens (tertiary/aromatic N) is 2. The van der Waals surface area contributed by atoms with E-state index in [1.54, 1.807) is 12.1 Å². The molecule has 1 aliphatic heterocycles. The standard InChI is InChI=1S/C12H14N4O3/c17-16(18)10-3-1-2-9-11(10)19-12(15-9)14-8-4-6-13-7-5-8/h1-3,8,13H,4-7H2,(H,14,15). The van der Waals surface area contributed by atoms with E-state index in [2.05, 4.69) is 15.6 Å². The highest BCUT2D eigenvalue weighted by atomic mass is 16.6. The third-order valence-corrected chi connectivity index (χ3v) is 3.26. The molecule has 7 nitrogen and oxygen atoms in total. The molecule has 7 heteroatoms. The zero-order valence-corrected chi connectivity index (χ0v) is 10.3. The lowest BCUT2D eigenvalue weighted by Gasteiger charge is -2.22. The fourth-order valence-electron chi connectivity index (χ4n) is 2.28. The van der Waals surface area contributed by atoms with Crippen LogP contribution in [0.3, 0.4) is 0 Å². The number of rotatable bonds is 3. The Labute approximate surface area is 109 Å². The molecule has 1 aliphatic rings. The first kappa shape index (κ1) is 11.9. The minimum Gasteiger partial charge on any atom is -0.416 e. The molecule has 0 saturated carbocycles. The highest BCUT2D eigenvalue weighted by Crippen LogP contribution is 2.28. The van der Waals surface area contributed by atoms with Crippen LogP contribution in [0.4, 0.5) is 11.7 Å². The van der Waals surface area contributed by atoms with Crippen LogP contribution in [0.5, 0.6) is 0 Å². The van der Waals surface area contributed by atoms with Gasteiger partial charge in [-0.15, -0.1) is 0 Å². The SMILES string of the molecule is O=[N+]([O-])c1cccc2nc(NC3CCNCC3)oc12. The molecular formula is C12H14N4O3. The number of non-ortho nitro benzene ring substituents is 1. The van der Waals surface area contributed by atoms with Gasteiger partial charge in [-0.1, -0.05) is 6.07 Å². The number of fused-ring (bicyclic) bond motifs is 1. The zero-order valence-electron chi connectivity index (χ0n) is 10.3. The van der Waals surface area contributed by atoms with Crippen molar-refractivity contribution >= 4 is 22.8 Å². The number of hydrogen-bond donors (Lipinski definition) is 2. The van der Waals surface area contributed by atoms with E-state index in [9.17, 15) is 10.1 Å². The number of anilines is 1. The molecule has 0 amide bonds. The Morgan fingerprint density at radius 3 is 2.95 bits per heavy atom. The van der Waals surface area contributed by atoms with Crippen molar-refractivity contribution in [2.24, 2.45) is 0 Å². The van der Waals surface area contributed by atoms with Crippen molar-refractivity contribution in [2.75, 3.05) is 18.4 Å². The quantitative estimate of drug-likeness (QED) is 0.648. The molecule has 0 aliphatic carbocycles. The molecule has 0 bridgehead atoms. The molecule has 0 spiro atoms. The summed E-state index contributed by atoms with van der Waals surface area (Å²) in [6, 6.07) is 5.39. The van der Waals surface area contributed by atoms with E-state index in [0.717, 1.165) is 25.9 Å². The fraction of sp³-hybridized carbons (Fsp3) is 0.417. The van der Waals surface area contributed by atoms with Gasteiger partial charge in [0.05, 0.1) is 4.92 Å². The summed E-state index contributed by atoms with van der Waals surface area (Å²) >= 11 is 0. The Morgan fingerprint density at radius 2 is 2.21 bits per heavy atom. The molecule has 0 radical (unpaired) electrons. The first-order valence-electron chi connectivity index (χ1n) is 6.25. The second-order valence-corrected chi connectivity index (χ2v) is 4.57. The van der Waals surface area contributed by atoms with E-state index in [4.69, 9.17) is 4.42 Å². The molecule has 1 saturated heterocycles. The lowest BCUT2D eigenvalue weighted by atomic mass is 10.1. The maximum atomic E-state index is 10.9. The molecule has 2 aromatic rings. The number of aromatic nitrogens is 1. The number of nitrogens with one attached hydrogen (secondary N) is 2. The Bertz CT molecular complexity index is 604. The van der Waals surface area contributed by atoms with E-state index in [-0.39, 0.29) is 11.3 Å². The van der Waals surface area contributed by atoms with Crippen molar-refractivity contribution in [3.63, 3.8) is 0 Å². The molecule has 1 aromatic carbocycles. The van der Waals surface area contributed by atoms with Crippen molar-refractivity contribution < 1.29 is 9.34 Å². The van der Waals surface area contributed by atoms with Gasteiger partial charge in [0.1, 0.15) is 5.52 Å². The second kappa shape index (κ2) is 4.85. The van der Waals surface area contributed by atoms with Crippen LogP contribution in [0.25, 0.3) is 11.1 Å². The van der Waals surface area contributed by atoms with Crippen molar-refractivity contribution in [3.05, 3.63) is 28.3 Å². The van der Waals surface area contributed by atoms with Crippen LogP contribution in [-0.4, -0.2) is 29.0 Å². The molecule has 0 unspecified atom stereocenters. The predicted octanol–water partition coefficient (Wildman–Crippen LogP) is 1.90. The average molecular weight is 262 g/mol. The summed E-state index contributed by atoms with van der Waals surface area (Å²) < 4.78 is 5.48. The van der Waals surface area contributed by atoms with Crippen LogP contribution in [-0.2, 0) is 0 Å². The lowest BCUT2D eigenvalue weighted by molar-refractivity contribution is -0.383. The largest absolute Gasteiger partial charge is 0.416 e. The van der Waals surface area contributed by atoms with Crippen LogP contribution in [0, 0.1) is 10.1 Å². The molecular weight excluding hydrogens is 248 g/mol. The summed E-state index contributed by atoms with van der Waals surface area (Å²) in [6.45, 7) is 1.91. The van der Waals surface area contributed by atoms with E-state index < -0.39 is 4.92 Å². The third kappa shape index (κ3) is 2.37. The smallest absolute Gasteiger partial charge is 0.313 e. The predicted molar refractivity (Wildman–Crippen MR) is 70.2 cm³/mol. The van der Waals surface area contributed by atoms with Gasteiger partial charge in [-0.05, 0) is 32.0 Å². The number of hydrogen-bond acceptors (Lipinski definition) is 6. The molecule has 0 atom stereocenters. The Kier molecular flexibility index (Phi) is 3.04. The van der Waals surface area contributed by atoms with Gasteiger partial charge in [-0.2, -0.15) is 4.98 Å². The Balaban J connectivity index is 1.88. The zero-order chi connectivity index (χ0) is 13.2. The van der Waals surface area contributed by atoms with Gasteiger partial charge in [-0.25, -0.2) is 0 Å². The van der Waals surface area contributed by atoms with Crippen LogP contribution in [0.1, 0.15) is 12.8 Å². The van der Waals surface area contributed by atoms with Gasteiger partial charge in [-0.3, -0.25) is 10.1 Å². The Morgan fingerprint density at radius 1 is 1.42 bits per heavy atom. The number of oxazole rings is 1. The molecule has 2 heterocycles. The van der Waals surface area contributed by atoms with E-state index in [1.165, 1.54) is 6.07 Å². The number of nitro groups is 1. The van der Waals surface area contributed by atoms with Crippen LogP contribution >= 0.6 is 0 Å². The monoisotopic (exact) mass is 262 g/mol. The number of para-hydroxylation sites is 1. The molecule has 100 valence electrons. The Hall–Kier alpha value is -2.15. The van der Waals surface area contributed by atoms with Gasteiger partial charge in [0.2, 0.25) is 5.58 Å². The summed E-state index contributed by atoms with van der Waals surface area (Å²) in [7, 11) is 0. The summed E-state index contributed by atoms with van der Waals surface area (Å²) in [5, 5.41) is 17.4. The van der Waals surface area contributed by atoms with Crippen molar-refractivity contribution in [1.82, 2.24) is 10.3 Å². The maximum Gasteiger partial charge on any atom is 0.313 e. The topological polar surface area (TPSA) is 93.2 Å². The van der Waals surface area contributed by atoms with Crippen molar-refractivity contribution in [1.29, 1.82) is 0 Å².